The standard InChI is InChI=1S/C14H20O3S2/c1-10-7-11(12(8-15)17-10)16-9-19-14-6-4-3-5-13(14)18-2/h3-6,10-12,15H,7-9H2,1-2H3/t10-,11?,12+/m0/s1. The fourth-order valence-electron chi connectivity index (χ4n) is 2.18. The van der Waals surface area contributed by atoms with E-state index in [1.807, 2.05) is 19.1 Å². The maximum Gasteiger partial charge on any atom is 0.107 e. The van der Waals surface area contributed by atoms with Crippen LogP contribution in [0.25, 0.3) is 0 Å². The smallest absolute Gasteiger partial charge is 0.107 e. The summed E-state index contributed by atoms with van der Waals surface area (Å²) in [7, 11) is 0. The number of thioether (sulfide) groups is 2. The van der Waals surface area contributed by atoms with Gasteiger partial charge in [0.05, 0.1) is 24.8 Å². The van der Waals surface area contributed by atoms with E-state index in [2.05, 4.69) is 18.4 Å². The van der Waals surface area contributed by atoms with Crippen LogP contribution < -0.4 is 0 Å². The molecule has 1 unspecified atom stereocenters. The highest BCUT2D eigenvalue weighted by Crippen LogP contribution is 2.31. The van der Waals surface area contributed by atoms with Crippen LogP contribution in [0.2, 0.25) is 0 Å². The van der Waals surface area contributed by atoms with Gasteiger partial charge in [-0.25, -0.2) is 0 Å². The van der Waals surface area contributed by atoms with Crippen LogP contribution in [0.1, 0.15) is 13.3 Å². The Kier molecular flexibility index (Phi) is 6.04. The van der Waals surface area contributed by atoms with E-state index in [1.54, 1.807) is 23.5 Å². The summed E-state index contributed by atoms with van der Waals surface area (Å²) in [5.74, 6) is 0.592. The number of rotatable bonds is 6. The minimum Gasteiger partial charge on any atom is -0.394 e. The monoisotopic (exact) mass is 300 g/mol. The van der Waals surface area contributed by atoms with E-state index in [4.69, 9.17) is 9.47 Å². The van der Waals surface area contributed by atoms with Crippen LogP contribution in [0.15, 0.2) is 34.1 Å². The van der Waals surface area contributed by atoms with Crippen LogP contribution in [0, 0.1) is 0 Å². The van der Waals surface area contributed by atoms with Crippen molar-refractivity contribution in [1.29, 1.82) is 0 Å². The molecule has 0 saturated carbocycles. The third-order valence-corrected chi connectivity index (χ3v) is 4.98. The Hall–Kier alpha value is -0.200. The number of aliphatic hydroxyl groups excluding tert-OH is 1. The molecule has 0 amide bonds. The van der Waals surface area contributed by atoms with Gasteiger partial charge >= 0.3 is 0 Å². The van der Waals surface area contributed by atoms with E-state index in [9.17, 15) is 5.11 Å². The van der Waals surface area contributed by atoms with Crippen molar-refractivity contribution in [2.75, 3.05) is 18.8 Å². The maximum absolute atomic E-state index is 9.24. The number of aliphatic hydroxyl groups is 1. The van der Waals surface area contributed by atoms with Crippen LogP contribution in [0.3, 0.4) is 0 Å². The van der Waals surface area contributed by atoms with Crippen LogP contribution in [-0.4, -0.2) is 42.2 Å². The minimum atomic E-state index is -0.175. The zero-order chi connectivity index (χ0) is 13.7. The second-order valence-electron chi connectivity index (χ2n) is 4.52. The molecule has 1 aliphatic rings. The van der Waals surface area contributed by atoms with Crippen LogP contribution >= 0.6 is 23.5 Å². The highest BCUT2D eigenvalue weighted by molar-refractivity contribution is 8.01. The molecule has 0 radical (unpaired) electrons. The summed E-state index contributed by atoms with van der Waals surface area (Å²) < 4.78 is 11.4. The van der Waals surface area contributed by atoms with E-state index in [1.165, 1.54) is 9.79 Å². The average molecular weight is 300 g/mol. The molecule has 5 heteroatoms. The summed E-state index contributed by atoms with van der Waals surface area (Å²) in [6.07, 6.45) is 2.94. The first-order valence-electron chi connectivity index (χ1n) is 6.38. The Morgan fingerprint density at radius 3 is 2.79 bits per heavy atom. The molecule has 2 rings (SSSR count). The third-order valence-electron chi connectivity index (χ3n) is 3.13. The Labute approximate surface area is 123 Å². The van der Waals surface area contributed by atoms with Gasteiger partial charge in [0.1, 0.15) is 6.10 Å². The molecule has 0 bridgehead atoms. The number of hydrogen-bond donors (Lipinski definition) is 1. The molecule has 0 aliphatic carbocycles. The zero-order valence-corrected chi connectivity index (χ0v) is 12.9. The molecule has 1 aliphatic heterocycles. The van der Waals surface area contributed by atoms with Gasteiger partial charge in [-0.3, -0.25) is 0 Å². The molecule has 106 valence electrons. The normalized spacial score (nSPS) is 26.8. The Bertz CT molecular complexity index is 400. The molecule has 0 spiro atoms. The Balaban J connectivity index is 1.83. The molecular formula is C14H20O3S2. The highest BCUT2D eigenvalue weighted by Gasteiger charge is 2.33. The fraction of sp³-hybridized carbons (Fsp3) is 0.571. The lowest BCUT2D eigenvalue weighted by Crippen LogP contribution is -2.27. The van der Waals surface area contributed by atoms with Crippen molar-refractivity contribution in [1.82, 2.24) is 0 Å². The lowest BCUT2D eigenvalue weighted by atomic mass is 10.1. The Morgan fingerprint density at radius 2 is 2.11 bits per heavy atom. The van der Waals surface area contributed by atoms with Gasteiger partial charge in [0.25, 0.3) is 0 Å². The Morgan fingerprint density at radius 1 is 1.37 bits per heavy atom. The van der Waals surface area contributed by atoms with E-state index < -0.39 is 0 Å². The molecule has 1 saturated heterocycles. The lowest BCUT2D eigenvalue weighted by molar-refractivity contribution is -0.0334. The first-order valence-corrected chi connectivity index (χ1v) is 8.59. The van der Waals surface area contributed by atoms with Crippen LogP contribution in [0.5, 0.6) is 0 Å². The molecule has 1 aromatic rings. The maximum atomic E-state index is 9.24. The SMILES string of the molecule is CSc1ccccc1SCOC1C[C@H](C)O[C@@H]1CO. The molecule has 3 atom stereocenters. The van der Waals surface area contributed by atoms with Gasteiger partial charge in [0.15, 0.2) is 0 Å². The summed E-state index contributed by atoms with van der Waals surface area (Å²) >= 11 is 3.43. The molecular weight excluding hydrogens is 280 g/mol. The zero-order valence-electron chi connectivity index (χ0n) is 11.2. The van der Waals surface area contributed by atoms with Crippen molar-refractivity contribution in [3.8, 4) is 0 Å². The highest BCUT2D eigenvalue weighted by atomic mass is 32.2. The third kappa shape index (κ3) is 4.13. The van der Waals surface area contributed by atoms with Crippen LogP contribution in [0.4, 0.5) is 0 Å². The van der Waals surface area contributed by atoms with Gasteiger partial charge in [-0.05, 0) is 25.3 Å². The molecule has 19 heavy (non-hydrogen) atoms. The molecule has 0 aromatic heterocycles. The number of hydrogen-bond acceptors (Lipinski definition) is 5. The summed E-state index contributed by atoms with van der Waals surface area (Å²) in [6, 6.07) is 8.31. The van der Waals surface area contributed by atoms with E-state index in [0.717, 1.165) is 6.42 Å². The van der Waals surface area contributed by atoms with E-state index in [0.29, 0.717) is 5.94 Å². The first kappa shape index (κ1) is 15.2. The molecule has 1 heterocycles. The predicted molar refractivity (Wildman–Crippen MR) is 79.9 cm³/mol. The summed E-state index contributed by atoms with van der Waals surface area (Å²) in [4.78, 5) is 2.51. The van der Waals surface area contributed by atoms with Crippen molar-refractivity contribution in [3.63, 3.8) is 0 Å². The quantitative estimate of drug-likeness (QED) is 0.646. The van der Waals surface area contributed by atoms with E-state index >= 15 is 0 Å². The molecule has 3 nitrogen and oxygen atoms in total. The predicted octanol–water partition coefficient (Wildman–Crippen LogP) is 3.01. The van der Waals surface area contributed by atoms with Gasteiger partial charge < -0.3 is 14.6 Å². The van der Waals surface area contributed by atoms with E-state index in [-0.39, 0.29) is 24.9 Å². The first-order chi connectivity index (χ1) is 9.24. The second-order valence-corrected chi connectivity index (χ2v) is 6.33. The number of benzene rings is 1. The van der Waals surface area contributed by atoms with Gasteiger partial charge in [0.2, 0.25) is 0 Å². The number of ether oxygens (including phenoxy) is 2. The molecule has 1 fully saturated rings. The summed E-state index contributed by atoms with van der Waals surface area (Å²) in [5.41, 5.74) is 0. The van der Waals surface area contributed by atoms with Gasteiger partial charge in [-0.2, -0.15) is 0 Å². The second kappa shape index (κ2) is 7.55. The van der Waals surface area contributed by atoms with Crippen molar-refractivity contribution >= 4 is 23.5 Å². The van der Waals surface area contributed by atoms with Gasteiger partial charge in [-0.1, -0.05) is 23.9 Å². The van der Waals surface area contributed by atoms with Crippen molar-refractivity contribution in [2.45, 2.75) is 41.4 Å². The van der Waals surface area contributed by atoms with Crippen molar-refractivity contribution in [2.24, 2.45) is 0 Å². The molecule has 1 N–H and O–H groups in total. The average Bonchev–Trinajstić information content (AvgIpc) is 2.79. The summed E-state index contributed by atoms with van der Waals surface area (Å²) in [5, 5.41) is 9.24. The van der Waals surface area contributed by atoms with Crippen molar-refractivity contribution < 1.29 is 14.6 Å². The van der Waals surface area contributed by atoms with Gasteiger partial charge in [-0.15, -0.1) is 11.8 Å². The lowest BCUT2D eigenvalue weighted by Gasteiger charge is -2.17. The summed E-state index contributed by atoms with van der Waals surface area (Å²) in [6.45, 7) is 2.04. The van der Waals surface area contributed by atoms with Crippen LogP contribution in [-0.2, 0) is 9.47 Å². The topological polar surface area (TPSA) is 38.7 Å². The van der Waals surface area contributed by atoms with Gasteiger partial charge in [0, 0.05) is 16.2 Å². The largest absolute Gasteiger partial charge is 0.394 e. The minimum absolute atomic E-state index is 0.00828. The van der Waals surface area contributed by atoms with Crippen molar-refractivity contribution in [3.05, 3.63) is 24.3 Å². The molecule has 1 aromatic carbocycles. The fourth-order valence-corrected chi connectivity index (χ4v) is 3.84.